The van der Waals surface area contributed by atoms with Crippen molar-refractivity contribution in [3.05, 3.63) is 0 Å². The number of aliphatic hydroxyl groups is 1. The molecule has 1 aliphatic heterocycles. The maximum Gasteiger partial charge on any atom is 0.346 e. The number of halogens is 1. The highest BCUT2D eigenvalue weighted by atomic mass is 19.1. The predicted molar refractivity (Wildman–Crippen MR) is 73.4 cm³/mol. The molecular weight excluding hydrogens is 279 g/mol. The second-order valence-electron chi connectivity index (χ2n) is 6.55. The Morgan fingerprint density at radius 3 is 2.52 bits per heavy atom. The number of hydrogen-bond acceptors (Lipinski definition) is 5. The first kappa shape index (κ1) is 16.6. The van der Waals surface area contributed by atoms with E-state index < -0.39 is 29.6 Å². The van der Waals surface area contributed by atoms with Gasteiger partial charge >= 0.3 is 5.97 Å². The van der Waals surface area contributed by atoms with Crippen LogP contribution in [0.15, 0.2) is 0 Å². The Hall–Kier alpha value is -0.720. The normalized spacial score (nSPS) is 30.6. The molecule has 0 aromatic carbocycles. The van der Waals surface area contributed by atoms with E-state index in [-0.39, 0.29) is 12.7 Å². The molecule has 122 valence electrons. The van der Waals surface area contributed by atoms with E-state index in [0.29, 0.717) is 0 Å². The van der Waals surface area contributed by atoms with Gasteiger partial charge in [-0.25, -0.2) is 9.18 Å². The largest absolute Gasteiger partial charge is 0.460 e. The number of hydrogen-bond donors (Lipinski definition) is 1. The monoisotopic (exact) mass is 304 g/mol. The summed E-state index contributed by atoms with van der Waals surface area (Å²) in [6, 6.07) is 0. The van der Waals surface area contributed by atoms with Crippen molar-refractivity contribution in [1.29, 1.82) is 0 Å². The molecule has 1 N–H and O–H groups in total. The van der Waals surface area contributed by atoms with Gasteiger partial charge in [0.05, 0.1) is 6.61 Å². The highest BCUT2D eigenvalue weighted by Gasteiger charge is 2.51. The Bertz CT molecular complexity index is 376. The molecule has 2 aliphatic rings. The maximum absolute atomic E-state index is 14.7. The number of ether oxygens (including phenoxy) is 3. The van der Waals surface area contributed by atoms with Gasteiger partial charge in [0.1, 0.15) is 18.3 Å². The molecule has 0 aromatic rings. The van der Waals surface area contributed by atoms with Crippen LogP contribution in [0.2, 0.25) is 0 Å². The minimum atomic E-state index is -2.51. The van der Waals surface area contributed by atoms with Crippen molar-refractivity contribution in [2.24, 2.45) is 0 Å². The van der Waals surface area contributed by atoms with E-state index >= 15 is 0 Å². The molecule has 0 unspecified atom stereocenters. The van der Waals surface area contributed by atoms with E-state index in [1.165, 1.54) is 0 Å². The molecule has 0 aromatic heterocycles. The molecule has 0 amide bonds. The van der Waals surface area contributed by atoms with Crippen LogP contribution in [-0.2, 0) is 19.0 Å². The van der Waals surface area contributed by atoms with Gasteiger partial charge in [-0.1, -0.05) is 6.42 Å². The molecular formula is C15H25FO5. The Morgan fingerprint density at radius 2 is 2.00 bits per heavy atom. The summed E-state index contributed by atoms with van der Waals surface area (Å²) in [4.78, 5) is 12.0. The van der Waals surface area contributed by atoms with Crippen molar-refractivity contribution in [3.63, 3.8) is 0 Å². The van der Waals surface area contributed by atoms with Gasteiger partial charge in [-0.3, -0.25) is 0 Å². The van der Waals surface area contributed by atoms with E-state index in [2.05, 4.69) is 0 Å². The molecule has 2 fully saturated rings. The summed E-state index contributed by atoms with van der Waals surface area (Å²) in [5.74, 6) is -1.90. The fourth-order valence-electron chi connectivity index (χ4n) is 2.79. The van der Waals surface area contributed by atoms with Crippen LogP contribution in [0.5, 0.6) is 0 Å². The molecule has 1 aliphatic carbocycles. The van der Waals surface area contributed by atoms with Gasteiger partial charge in [0.25, 0.3) is 0 Å². The maximum atomic E-state index is 14.7. The second kappa shape index (κ2) is 6.18. The van der Waals surface area contributed by atoms with Gasteiger partial charge in [0, 0.05) is 0 Å². The summed E-state index contributed by atoms with van der Waals surface area (Å²) in [5.41, 5.74) is -2.51. The molecule has 0 spiro atoms. The lowest BCUT2D eigenvalue weighted by Crippen LogP contribution is -2.52. The van der Waals surface area contributed by atoms with E-state index in [1.807, 2.05) is 0 Å². The van der Waals surface area contributed by atoms with Crippen molar-refractivity contribution in [1.82, 2.24) is 0 Å². The van der Waals surface area contributed by atoms with Crippen molar-refractivity contribution in [2.75, 3.05) is 6.61 Å². The van der Waals surface area contributed by atoms with Gasteiger partial charge < -0.3 is 19.3 Å². The van der Waals surface area contributed by atoms with E-state index in [1.54, 1.807) is 13.8 Å². The minimum absolute atomic E-state index is 0.0460. The van der Waals surface area contributed by atoms with Crippen LogP contribution >= 0.6 is 0 Å². The summed E-state index contributed by atoms with van der Waals surface area (Å²) >= 11 is 0. The molecule has 1 heterocycles. The lowest BCUT2D eigenvalue weighted by molar-refractivity contribution is -0.187. The van der Waals surface area contributed by atoms with Gasteiger partial charge in [0.2, 0.25) is 5.67 Å². The summed E-state index contributed by atoms with van der Waals surface area (Å²) < 4.78 is 30.6. The van der Waals surface area contributed by atoms with Crippen LogP contribution in [0, 0.1) is 0 Å². The molecule has 21 heavy (non-hydrogen) atoms. The standard InChI is InChI=1S/C15H25FO5/c1-14(2)19-9-11(21-14)12(17)15(3,16)13(18)20-10-7-5-4-6-8-10/h10-12,17H,4-9H2,1-3H3/t11-,12-,15-/m1/s1. The zero-order valence-corrected chi connectivity index (χ0v) is 12.9. The van der Waals surface area contributed by atoms with Gasteiger partial charge in [-0.05, 0) is 46.5 Å². The number of alkyl halides is 1. The third-order valence-electron chi connectivity index (χ3n) is 4.16. The molecule has 1 saturated carbocycles. The van der Waals surface area contributed by atoms with Crippen LogP contribution < -0.4 is 0 Å². The Kier molecular flexibility index (Phi) is 4.90. The molecule has 6 heteroatoms. The average molecular weight is 304 g/mol. The first-order valence-electron chi connectivity index (χ1n) is 7.62. The highest BCUT2D eigenvalue weighted by Crippen LogP contribution is 2.31. The second-order valence-corrected chi connectivity index (χ2v) is 6.55. The molecule has 5 nitrogen and oxygen atoms in total. The predicted octanol–water partition coefficient (Wildman–Crippen LogP) is 2.10. The number of carbonyl (C=O) groups is 1. The van der Waals surface area contributed by atoms with Crippen LogP contribution in [-0.4, -0.2) is 47.5 Å². The summed E-state index contributed by atoms with van der Waals surface area (Å²) in [7, 11) is 0. The van der Waals surface area contributed by atoms with E-state index in [0.717, 1.165) is 39.0 Å². The summed E-state index contributed by atoms with van der Waals surface area (Å²) in [6.07, 6.45) is 1.86. The SMILES string of the molecule is CC1(C)OC[C@H]([C@@H](O)[C@@](C)(F)C(=O)OC2CCCCC2)O1. The fourth-order valence-corrected chi connectivity index (χ4v) is 2.79. The molecule has 0 bridgehead atoms. The quantitative estimate of drug-likeness (QED) is 0.806. The Morgan fingerprint density at radius 1 is 1.38 bits per heavy atom. The lowest BCUT2D eigenvalue weighted by Gasteiger charge is -2.31. The topological polar surface area (TPSA) is 65.0 Å². The molecule has 3 atom stereocenters. The van der Waals surface area contributed by atoms with Crippen LogP contribution in [0.4, 0.5) is 4.39 Å². The Labute approximate surface area is 124 Å². The van der Waals surface area contributed by atoms with Crippen molar-refractivity contribution in [3.8, 4) is 0 Å². The summed E-state index contributed by atoms with van der Waals surface area (Å²) in [6.45, 7) is 4.44. The van der Waals surface area contributed by atoms with Gasteiger partial charge in [-0.15, -0.1) is 0 Å². The van der Waals surface area contributed by atoms with Crippen LogP contribution in [0.3, 0.4) is 0 Å². The van der Waals surface area contributed by atoms with Crippen molar-refractivity contribution < 1.29 is 28.5 Å². The fraction of sp³-hybridized carbons (Fsp3) is 0.933. The Balaban J connectivity index is 1.94. The smallest absolute Gasteiger partial charge is 0.346 e. The van der Waals surface area contributed by atoms with Gasteiger partial charge in [0.15, 0.2) is 5.79 Å². The number of esters is 1. The first-order valence-corrected chi connectivity index (χ1v) is 7.62. The van der Waals surface area contributed by atoms with Crippen LogP contribution in [0.25, 0.3) is 0 Å². The van der Waals surface area contributed by atoms with Crippen molar-refractivity contribution >= 4 is 5.97 Å². The lowest BCUT2D eigenvalue weighted by atomic mass is 9.95. The third-order valence-corrected chi connectivity index (χ3v) is 4.16. The first-order chi connectivity index (χ1) is 9.72. The molecule has 1 saturated heterocycles. The van der Waals surface area contributed by atoms with Crippen LogP contribution in [0.1, 0.15) is 52.9 Å². The highest BCUT2D eigenvalue weighted by molar-refractivity contribution is 5.80. The van der Waals surface area contributed by atoms with Gasteiger partial charge in [-0.2, -0.15) is 0 Å². The zero-order valence-electron chi connectivity index (χ0n) is 12.9. The van der Waals surface area contributed by atoms with Crippen molar-refractivity contribution in [2.45, 2.75) is 82.6 Å². The van der Waals surface area contributed by atoms with E-state index in [4.69, 9.17) is 14.2 Å². The molecule has 0 radical (unpaired) electrons. The summed E-state index contributed by atoms with van der Waals surface area (Å²) in [5, 5.41) is 10.1. The average Bonchev–Trinajstić information content (AvgIpc) is 2.79. The molecule has 2 rings (SSSR count). The van der Waals surface area contributed by atoms with E-state index in [9.17, 15) is 14.3 Å². The number of carbonyl (C=O) groups excluding carboxylic acids is 1. The number of aliphatic hydroxyl groups excluding tert-OH is 1. The zero-order chi connectivity index (χ0) is 15.7. The third kappa shape index (κ3) is 3.93. The number of rotatable bonds is 4. The minimum Gasteiger partial charge on any atom is -0.460 e.